The van der Waals surface area contributed by atoms with E-state index in [-0.39, 0.29) is 24.9 Å². The SMILES string of the molecule is COc1cccc(N(CCCC(=O)NC(C)C(C)C)S(C)(=O)=O)c1. The zero-order valence-electron chi connectivity index (χ0n) is 15.1. The molecule has 1 aromatic rings. The molecule has 0 saturated carbocycles. The number of rotatable bonds is 9. The van der Waals surface area contributed by atoms with Gasteiger partial charge in [0, 0.05) is 25.1 Å². The second-order valence-corrected chi connectivity index (χ2v) is 8.15. The van der Waals surface area contributed by atoms with Crippen molar-refractivity contribution < 1.29 is 17.9 Å². The molecule has 0 saturated heterocycles. The van der Waals surface area contributed by atoms with Gasteiger partial charge in [0.2, 0.25) is 15.9 Å². The summed E-state index contributed by atoms with van der Waals surface area (Å²) in [5.41, 5.74) is 0.535. The van der Waals surface area contributed by atoms with Crippen LogP contribution in [0.25, 0.3) is 0 Å². The van der Waals surface area contributed by atoms with E-state index in [1.807, 2.05) is 20.8 Å². The van der Waals surface area contributed by atoms with Gasteiger partial charge in [-0.1, -0.05) is 19.9 Å². The number of nitrogens with zero attached hydrogens (tertiary/aromatic N) is 1. The van der Waals surface area contributed by atoms with E-state index in [1.54, 1.807) is 24.3 Å². The summed E-state index contributed by atoms with van der Waals surface area (Å²) < 4.78 is 30.6. The predicted octanol–water partition coefficient (Wildman–Crippen LogP) is 2.40. The van der Waals surface area contributed by atoms with Crippen LogP contribution in [-0.2, 0) is 14.8 Å². The Morgan fingerprint density at radius 2 is 1.96 bits per heavy atom. The normalized spacial score (nSPS) is 12.8. The lowest BCUT2D eigenvalue weighted by molar-refractivity contribution is -0.122. The highest BCUT2D eigenvalue weighted by molar-refractivity contribution is 7.92. The van der Waals surface area contributed by atoms with Gasteiger partial charge in [0.15, 0.2) is 0 Å². The fourth-order valence-corrected chi connectivity index (χ4v) is 3.09. The summed E-state index contributed by atoms with van der Waals surface area (Å²) in [5, 5.41) is 2.92. The molecule has 1 aromatic carbocycles. The van der Waals surface area contributed by atoms with Crippen LogP contribution in [0.15, 0.2) is 24.3 Å². The van der Waals surface area contributed by atoms with Gasteiger partial charge < -0.3 is 10.1 Å². The van der Waals surface area contributed by atoms with Crippen molar-refractivity contribution in [1.82, 2.24) is 5.32 Å². The second kappa shape index (κ2) is 8.92. The quantitative estimate of drug-likeness (QED) is 0.737. The molecule has 0 bridgehead atoms. The summed E-state index contributed by atoms with van der Waals surface area (Å²) in [6.45, 7) is 6.29. The van der Waals surface area contributed by atoms with Gasteiger partial charge in [-0.2, -0.15) is 0 Å². The third kappa shape index (κ3) is 6.39. The van der Waals surface area contributed by atoms with E-state index in [9.17, 15) is 13.2 Å². The molecule has 0 aliphatic carbocycles. The van der Waals surface area contributed by atoms with Crippen molar-refractivity contribution in [3.8, 4) is 5.75 Å². The number of methoxy groups -OCH3 is 1. The van der Waals surface area contributed by atoms with Gasteiger partial charge in [0.25, 0.3) is 0 Å². The molecule has 1 atom stereocenters. The van der Waals surface area contributed by atoms with E-state index in [0.29, 0.717) is 23.8 Å². The molecular weight excluding hydrogens is 328 g/mol. The molecule has 1 N–H and O–H groups in total. The third-order valence-electron chi connectivity index (χ3n) is 3.90. The Morgan fingerprint density at radius 3 is 2.50 bits per heavy atom. The molecule has 136 valence electrons. The minimum absolute atomic E-state index is 0.0599. The summed E-state index contributed by atoms with van der Waals surface area (Å²) in [5.74, 6) is 0.887. The Hall–Kier alpha value is -1.76. The van der Waals surface area contributed by atoms with E-state index in [0.717, 1.165) is 6.26 Å². The molecule has 7 heteroatoms. The average molecular weight is 356 g/mol. The van der Waals surface area contributed by atoms with E-state index < -0.39 is 10.0 Å². The van der Waals surface area contributed by atoms with Crippen molar-refractivity contribution in [3.05, 3.63) is 24.3 Å². The molecule has 6 nitrogen and oxygen atoms in total. The van der Waals surface area contributed by atoms with Crippen molar-refractivity contribution in [2.45, 2.75) is 39.7 Å². The number of carbonyl (C=O) groups is 1. The average Bonchev–Trinajstić information content (AvgIpc) is 2.50. The fourth-order valence-electron chi connectivity index (χ4n) is 2.13. The molecule has 0 fully saturated rings. The summed E-state index contributed by atoms with van der Waals surface area (Å²) in [7, 11) is -1.90. The first-order valence-corrected chi connectivity index (χ1v) is 9.91. The molecule has 0 aromatic heterocycles. The van der Waals surface area contributed by atoms with Crippen LogP contribution in [0, 0.1) is 5.92 Å². The molecule has 0 aliphatic heterocycles. The van der Waals surface area contributed by atoms with Crippen molar-refractivity contribution in [2.75, 3.05) is 24.2 Å². The largest absolute Gasteiger partial charge is 0.497 e. The monoisotopic (exact) mass is 356 g/mol. The number of benzene rings is 1. The van der Waals surface area contributed by atoms with Crippen LogP contribution >= 0.6 is 0 Å². The van der Waals surface area contributed by atoms with Gasteiger partial charge in [-0.15, -0.1) is 0 Å². The number of anilines is 1. The molecule has 0 aliphatic rings. The number of nitrogens with one attached hydrogen (secondary N) is 1. The van der Waals surface area contributed by atoms with Crippen molar-refractivity contribution in [2.24, 2.45) is 5.92 Å². The third-order valence-corrected chi connectivity index (χ3v) is 5.09. The summed E-state index contributed by atoms with van der Waals surface area (Å²) in [6.07, 6.45) is 1.89. The Bertz CT molecular complexity index is 644. The lowest BCUT2D eigenvalue weighted by atomic mass is 10.1. The zero-order valence-corrected chi connectivity index (χ0v) is 15.9. The lowest BCUT2D eigenvalue weighted by Crippen LogP contribution is -2.37. The maximum Gasteiger partial charge on any atom is 0.232 e. The van der Waals surface area contributed by atoms with Gasteiger partial charge >= 0.3 is 0 Å². The smallest absolute Gasteiger partial charge is 0.232 e. The number of sulfonamides is 1. The first-order valence-electron chi connectivity index (χ1n) is 8.06. The Labute approximate surface area is 145 Å². The Morgan fingerprint density at radius 1 is 1.29 bits per heavy atom. The zero-order chi connectivity index (χ0) is 18.3. The molecule has 0 spiro atoms. The first kappa shape index (κ1) is 20.3. The molecule has 1 rings (SSSR count). The number of hydrogen-bond donors (Lipinski definition) is 1. The van der Waals surface area contributed by atoms with Crippen molar-refractivity contribution in [3.63, 3.8) is 0 Å². The topological polar surface area (TPSA) is 75.7 Å². The maximum absolute atomic E-state index is 12.1. The van der Waals surface area contributed by atoms with Gasteiger partial charge in [0.05, 0.1) is 19.1 Å². The lowest BCUT2D eigenvalue weighted by Gasteiger charge is -2.23. The second-order valence-electron chi connectivity index (χ2n) is 6.24. The van der Waals surface area contributed by atoms with Crippen molar-refractivity contribution in [1.29, 1.82) is 0 Å². The molecule has 1 unspecified atom stereocenters. The van der Waals surface area contributed by atoms with Gasteiger partial charge in [-0.3, -0.25) is 9.10 Å². The molecule has 0 heterocycles. The molecule has 0 radical (unpaired) electrons. The van der Waals surface area contributed by atoms with Crippen LogP contribution in [0.1, 0.15) is 33.6 Å². The van der Waals surface area contributed by atoms with Gasteiger partial charge in [0.1, 0.15) is 5.75 Å². The Kier molecular flexibility index (Phi) is 7.54. The van der Waals surface area contributed by atoms with Crippen LogP contribution < -0.4 is 14.4 Å². The van der Waals surface area contributed by atoms with Crippen LogP contribution in [0.5, 0.6) is 5.75 Å². The van der Waals surface area contributed by atoms with E-state index in [2.05, 4.69) is 5.32 Å². The summed E-state index contributed by atoms with van der Waals surface area (Å²) in [4.78, 5) is 11.9. The fraction of sp³-hybridized carbons (Fsp3) is 0.588. The maximum atomic E-state index is 12.1. The number of amides is 1. The predicted molar refractivity (Wildman–Crippen MR) is 96.9 cm³/mol. The minimum Gasteiger partial charge on any atom is -0.497 e. The van der Waals surface area contributed by atoms with Crippen LogP contribution in [0.3, 0.4) is 0 Å². The number of ether oxygens (including phenoxy) is 1. The standard InChI is InChI=1S/C17H28N2O4S/c1-13(2)14(3)18-17(20)10-7-11-19(24(5,21)22)15-8-6-9-16(12-15)23-4/h6,8-9,12-14H,7,10-11H2,1-5H3,(H,18,20). The van der Waals surface area contributed by atoms with Gasteiger partial charge in [-0.25, -0.2) is 8.42 Å². The first-order chi connectivity index (χ1) is 11.1. The molecule has 1 amide bonds. The van der Waals surface area contributed by atoms with E-state index in [1.165, 1.54) is 11.4 Å². The number of hydrogen-bond acceptors (Lipinski definition) is 4. The van der Waals surface area contributed by atoms with E-state index in [4.69, 9.17) is 4.74 Å². The summed E-state index contributed by atoms with van der Waals surface area (Å²) >= 11 is 0. The highest BCUT2D eigenvalue weighted by atomic mass is 32.2. The van der Waals surface area contributed by atoms with Crippen LogP contribution in [0.2, 0.25) is 0 Å². The van der Waals surface area contributed by atoms with Gasteiger partial charge in [-0.05, 0) is 31.4 Å². The molecular formula is C17H28N2O4S. The Balaban J connectivity index is 2.70. The summed E-state index contributed by atoms with van der Waals surface area (Å²) in [6, 6.07) is 6.97. The highest BCUT2D eigenvalue weighted by Crippen LogP contribution is 2.23. The number of carbonyl (C=O) groups excluding carboxylic acids is 1. The molecule has 24 heavy (non-hydrogen) atoms. The van der Waals surface area contributed by atoms with Crippen LogP contribution in [-0.4, -0.2) is 40.3 Å². The highest BCUT2D eigenvalue weighted by Gasteiger charge is 2.18. The van der Waals surface area contributed by atoms with Crippen LogP contribution in [0.4, 0.5) is 5.69 Å². The minimum atomic E-state index is -3.43. The van der Waals surface area contributed by atoms with E-state index >= 15 is 0 Å². The van der Waals surface area contributed by atoms with Crippen molar-refractivity contribution >= 4 is 21.6 Å².